The summed E-state index contributed by atoms with van der Waals surface area (Å²) in [5.74, 6) is 0.567. The van der Waals surface area contributed by atoms with Gasteiger partial charge in [0.2, 0.25) is 5.91 Å². The molecular weight excluding hydrogens is 268 g/mol. The Bertz CT molecular complexity index is 686. The van der Waals surface area contributed by atoms with Crippen molar-refractivity contribution >= 4 is 28.5 Å². The zero-order chi connectivity index (χ0) is 14.2. The van der Waals surface area contributed by atoms with Gasteiger partial charge in [0.05, 0.1) is 10.6 Å². The average molecular weight is 282 g/mol. The number of aliphatic imine (C=N–C) groups is 1. The highest BCUT2D eigenvalue weighted by Crippen LogP contribution is 2.26. The van der Waals surface area contributed by atoms with E-state index >= 15 is 0 Å². The maximum atomic E-state index is 12.0. The molecule has 2 N–H and O–H groups in total. The highest BCUT2D eigenvalue weighted by atomic mass is 32.2. The lowest BCUT2D eigenvalue weighted by atomic mass is 10.2. The Balaban J connectivity index is 2.27. The molecule has 0 aromatic carbocycles. The molecular formula is C11H14N4O3S. The van der Waals surface area contributed by atoms with Gasteiger partial charge in [-0.25, -0.2) is 9.79 Å². The average Bonchev–Trinajstić information content (AvgIpc) is 2.77. The molecule has 0 aliphatic carbocycles. The van der Waals surface area contributed by atoms with Gasteiger partial charge in [-0.15, -0.1) is 11.8 Å². The summed E-state index contributed by atoms with van der Waals surface area (Å²) in [5.41, 5.74) is 4.87. The number of nitrogens with two attached hydrogens (primary N) is 1. The van der Waals surface area contributed by atoms with Gasteiger partial charge in [0.25, 0.3) is 5.56 Å². The van der Waals surface area contributed by atoms with Crippen LogP contribution in [0.4, 0.5) is 5.82 Å². The number of hydrogen-bond donors (Lipinski definition) is 1. The molecule has 0 saturated heterocycles. The summed E-state index contributed by atoms with van der Waals surface area (Å²) in [6, 6.07) is 0. The van der Waals surface area contributed by atoms with Crippen molar-refractivity contribution < 1.29 is 4.79 Å². The number of hydrogen-bond acceptors (Lipinski definition) is 5. The fourth-order valence-electron chi connectivity index (χ4n) is 1.86. The van der Waals surface area contributed by atoms with Gasteiger partial charge in [-0.1, -0.05) is 0 Å². The Morgan fingerprint density at radius 2 is 2.05 bits per heavy atom. The van der Waals surface area contributed by atoms with Crippen LogP contribution in [-0.4, -0.2) is 25.8 Å². The number of thioether (sulfide) groups is 1. The van der Waals surface area contributed by atoms with Crippen LogP contribution in [0.1, 0.15) is 12.0 Å². The third-order valence-corrected chi connectivity index (χ3v) is 3.88. The fraction of sp³-hybridized carbons (Fsp3) is 0.455. The zero-order valence-electron chi connectivity index (χ0n) is 10.7. The summed E-state index contributed by atoms with van der Waals surface area (Å²) < 4.78 is 2.43. The maximum absolute atomic E-state index is 12.0. The summed E-state index contributed by atoms with van der Waals surface area (Å²) in [7, 11) is 3.03. The number of carbonyl (C=O) groups is 1. The second-order valence-electron chi connectivity index (χ2n) is 4.26. The van der Waals surface area contributed by atoms with Gasteiger partial charge in [0, 0.05) is 32.7 Å². The first-order chi connectivity index (χ1) is 8.91. The molecule has 2 rings (SSSR count). The maximum Gasteiger partial charge on any atom is 0.332 e. The molecule has 102 valence electrons. The minimum atomic E-state index is -0.393. The lowest BCUT2D eigenvalue weighted by molar-refractivity contribution is -0.117. The minimum Gasteiger partial charge on any atom is -0.370 e. The van der Waals surface area contributed by atoms with E-state index in [4.69, 9.17) is 5.73 Å². The van der Waals surface area contributed by atoms with Crippen LogP contribution in [0.3, 0.4) is 0 Å². The molecule has 0 fully saturated rings. The van der Waals surface area contributed by atoms with Crippen LogP contribution in [-0.2, 0) is 25.3 Å². The number of fused-ring (bicyclic) bond motifs is 1. The van der Waals surface area contributed by atoms with Gasteiger partial charge in [-0.2, -0.15) is 0 Å². The van der Waals surface area contributed by atoms with Crippen LogP contribution in [0.2, 0.25) is 0 Å². The molecule has 0 bridgehead atoms. The van der Waals surface area contributed by atoms with Gasteiger partial charge in [-0.05, 0) is 0 Å². The topological polar surface area (TPSA) is 99.5 Å². The number of rotatable bonds is 3. The summed E-state index contributed by atoms with van der Waals surface area (Å²) in [6.07, 6.45) is 0.663. The molecule has 7 nitrogen and oxygen atoms in total. The first-order valence-electron chi connectivity index (χ1n) is 5.69. The van der Waals surface area contributed by atoms with Crippen LogP contribution in [0, 0.1) is 0 Å². The molecule has 2 heterocycles. The van der Waals surface area contributed by atoms with E-state index in [9.17, 15) is 14.4 Å². The predicted octanol–water partition coefficient (Wildman–Crippen LogP) is -0.721. The Hall–Kier alpha value is -1.83. The molecule has 1 aliphatic heterocycles. The standard InChI is InChI=1S/C11H14N4O3S/c1-14-9-6(10(17)15(2)11(14)18)5-8(13-9)19-4-3-7(12)16/h3-5H2,1-2H3,(H2,12,16). The van der Waals surface area contributed by atoms with Gasteiger partial charge < -0.3 is 5.73 Å². The molecule has 0 spiro atoms. The van der Waals surface area contributed by atoms with Crippen molar-refractivity contribution in [2.24, 2.45) is 24.8 Å². The largest absolute Gasteiger partial charge is 0.370 e. The van der Waals surface area contributed by atoms with E-state index in [1.165, 1.54) is 23.4 Å². The van der Waals surface area contributed by atoms with Crippen molar-refractivity contribution in [3.05, 3.63) is 26.4 Å². The number of nitrogens with zero attached hydrogens (tertiary/aromatic N) is 3. The fourth-order valence-corrected chi connectivity index (χ4v) is 2.80. The molecule has 1 aromatic heterocycles. The summed E-state index contributed by atoms with van der Waals surface area (Å²) >= 11 is 1.38. The Labute approximate surface area is 113 Å². The van der Waals surface area contributed by atoms with Gasteiger partial charge in [0.1, 0.15) is 5.82 Å². The molecule has 0 radical (unpaired) electrons. The lowest BCUT2D eigenvalue weighted by Crippen LogP contribution is -2.38. The van der Waals surface area contributed by atoms with E-state index in [1.807, 2.05) is 0 Å². The number of primary amides is 1. The Morgan fingerprint density at radius 1 is 1.37 bits per heavy atom. The molecule has 8 heteroatoms. The highest BCUT2D eigenvalue weighted by Gasteiger charge is 2.23. The van der Waals surface area contributed by atoms with E-state index in [0.29, 0.717) is 23.6 Å². The Morgan fingerprint density at radius 3 is 2.68 bits per heavy atom. The van der Waals surface area contributed by atoms with Crippen LogP contribution < -0.4 is 17.0 Å². The van der Waals surface area contributed by atoms with Crippen molar-refractivity contribution in [2.75, 3.05) is 5.75 Å². The zero-order valence-corrected chi connectivity index (χ0v) is 11.5. The van der Waals surface area contributed by atoms with Crippen LogP contribution >= 0.6 is 11.8 Å². The molecule has 0 atom stereocenters. The van der Waals surface area contributed by atoms with Crippen LogP contribution in [0.25, 0.3) is 0 Å². The predicted molar refractivity (Wildman–Crippen MR) is 74.0 cm³/mol. The molecule has 1 aliphatic rings. The second kappa shape index (κ2) is 5.04. The summed E-state index contributed by atoms with van der Waals surface area (Å²) in [5, 5.41) is 0.731. The van der Waals surface area contributed by atoms with Gasteiger partial charge in [-0.3, -0.25) is 18.7 Å². The lowest BCUT2D eigenvalue weighted by Gasteiger charge is -2.05. The van der Waals surface area contributed by atoms with E-state index in [2.05, 4.69) is 4.99 Å². The molecule has 0 saturated carbocycles. The molecule has 19 heavy (non-hydrogen) atoms. The molecule has 1 amide bonds. The highest BCUT2D eigenvalue weighted by molar-refractivity contribution is 8.14. The van der Waals surface area contributed by atoms with E-state index in [-0.39, 0.29) is 17.9 Å². The van der Waals surface area contributed by atoms with Crippen molar-refractivity contribution in [2.45, 2.75) is 12.8 Å². The monoisotopic (exact) mass is 282 g/mol. The third kappa shape index (κ3) is 2.48. The SMILES string of the molecule is Cn1c2c(c(=O)n(C)c1=O)CC(SCCC(N)=O)=N2. The Kier molecular flexibility index (Phi) is 3.61. The molecule has 1 aromatic rings. The van der Waals surface area contributed by atoms with Gasteiger partial charge in [0.15, 0.2) is 0 Å². The van der Waals surface area contributed by atoms with Crippen molar-refractivity contribution in [1.29, 1.82) is 0 Å². The summed E-state index contributed by atoms with van der Waals surface area (Å²) in [6.45, 7) is 0. The minimum absolute atomic E-state index is 0.261. The van der Waals surface area contributed by atoms with Crippen LogP contribution in [0.5, 0.6) is 0 Å². The van der Waals surface area contributed by atoms with Crippen LogP contribution in [0.15, 0.2) is 14.6 Å². The smallest absolute Gasteiger partial charge is 0.332 e. The van der Waals surface area contributed by atoms with E-state index in [0.717, 1.165) is 9.61 Å². The van der Waals surface area contributed by atoms with Crippen molar-refractivity contribution in [3.8, 4) is 0 Å². The van der Waals surface area contributed by atoms with Crippen molar-refractivity contribution in [1.82, 2.24) is 9.13 Å². The first kappa shape index (κ1) is 13.6. The third-order valence-electron chi connectivity index (χ3n) is 2.90. The number of amides is 1. The van der Waals surface area contributed by atoms with E-state index < -0.39 is 5.69 Å². The first-order valence-corrected chi connectivity index (χ1v) is 6.68. The van der Waals surface area contributed by atoms with Crippen molar-refractivity contribution in [3.63, 3.8) is 0 Å². The van der Waals surface area contributed by atoms with E-state index in [1.54, 1.807) is 7.05 Å². The van der Waals surface area contributed by atoms with Gasteiger partial charge >= 0.3 is 5.69 Å². The number of carbonyl (C=O) groups excluding carboxylic acids is 1. The summed E-state index contributed by atoms with van der Waals surface area (Å²) in [4.78, 5) is 38.6. The normalized spacial score (nSPS) is 13.3. The molecule has 0 unspecified atom stereocenters. The number of aromatic nitrogens is 2. The quantitative estimate of drug-likeness (QED) is 0.790. The second-order valence-corrected chi connectivity index (χ2v) is 5.42.